The van der Waals surface area contributed by atoms with Gasteiger partial charge in [0.1, 0.15) is 0 Å². The first-order valence-electron chi connectivity index (χ1n) is 4.86. The van der Waals surface area contributed by atoms with E-state index in [0.717, 1.165) is 6.42 Å². The van der Waals surface area contributed by atoms with Gasteiger partial charge in [-0.1, -0.05) is 13.0 Å². The summed E-state index contributed by atoms with van der Waals surface area (Å²) < 4.78 is 31.4. The SMILES string of the molecule is CCC(N)Cc1ccc(OC)c(F)c1F.Cl. The molecule has 0 bridgehead atoms. The molecule has 0 heterocycles. The second kappa shape index (κ2) is 6.66. The first-order chi connectivity index (χ1) is 7.10. The number of hydrogen-bond donors (Lipinski definition) is 1. The standard InChI is InChI=1S/C11H15F2NO.ClH/c1-3-8(14)6-7-4-5-9(15-2)11(13)10(7)12;/h4-5,8H,3,6,14H2,1-2H3;1H. The van der Waals surface area contributed by atoms with Crippen molar-refractivity contribution in [3.8, 4) is 5.75 Å². The molecule has 0 amide bonds. The van der Waals surface area contributed by atoms with Crippen LogP contribution in [0.2, 0.25) is 0 Å². The van der Waals surface area contributed by atoms with Gasteiger partial charge in [0.2, 0.25) is 5.82 Å². The minimum Gasteiger partial charge on any atom is -0.494 e. The molecule has 1 aromatic carbocycles. The van der Waals surface area contributed by atoms with Crippen LogP contribution >= 0.6 is 12.4 Å². The Bertz CT molecular complexity index is 347. The van der Waals surface area contributed by atoms with Gasteiger partial charge in [-0.2, -0.15) is 4.39 Å². The van der Waals surface area contributed by atoms with Crippen molar-refractivity contribution in [2.45, 2.75) is 25.8 Å². The minimum absolute atomic E-state index is 0. The van der Waals surface area contributed by atoms with Crippen LogP contribution in [0.15, 0.2) is 12.1 Å². The van der Waals surface area contributed by atoms with Crippen LogP contribution in [0.1, 0.15) is 18.9 Å². The fraction of sp³-hybridized carbons (Fsp3) is 0.455. The van der Waals surface area contributed by atoms with E-state index in [1.165, 1.54) is 19.2 Å². The van der Waals surface area contributed by atoms with Crippen molar-refractivity contribution < 1.29 is 13.5 Å². The molecule has 1 atom stereocenters. The maximum absolute atomic E-state index is 13.4. The monoisotopic (exact) mass is 251 g/mol. The quantitative estimate of drug-likeness (QED) is 0.893. The molecule has 92 valence electrons. The van der Waals surface area contributed by atoms with Gasteiger partial charge in [-0.3, -0.25) is 0 Å². The highest BCUT2D eigenvalue weighted by Crippen LogP contribution is 2.23. The summed E-state index contributed by atoms with van der Waals surface area (Å²) in [4.78, 5) is 0. The van der Waals surface area contributed by atoms with Crippen molar-refractivity contribution in [3.05, 3.63) is 29.3 Å². The predicted molar refractivity (Wildman–Crippen MR) is 62.1 cm³/mol. The number of ether oxygens (including phenoxy) is 1. The number of hydrogen-bond acceptors (Lipinski definition) is 2. The molecule has 0 aliphatic heterocycles. The lowest BCUT2D eigenvalue weighted by Gasteiger charge is -2.11. The zero-order valence-electron chi connectivity index (χ0n) is 9.30. The van der Waals surface area contributed by atoms with E-state index < -0.39 is 11.6 Å². The zero-order valence-corrected chi connectivity index (χ0v) is 10.1. The molecular weight excluding hydrogens is 236 g/mol. The Morgan fingerprint density at radius 1 is 1.31 bits per heavy atom. The molecular formula is C11H16ClF2NO. The molecule has 1 aromatic rings. The van der Waals surface area contributed by atoms with Gasteiger partial charge in [-0.15, -0.1) is 12.4 Å². The topological polar surface area (TPSA) is 35.2 Å². The van der Waals surface area contributed by atoms with Crippen molar-refractivity contribution in [2.75, 3.05) is 7.11 Å². The summed E-state index contributed by atoms with van der Waals surface area (Å²) in [7, 11) is 1.30. The Hall–Kier alpha value is -0.870. The summed E-state index contributed by atoms with van der Waals surface area (Å²) in [5.41, 5.74) is 5.97. The van der Waals surface area contributed by atoms with E-state index in [-0.39, 0.29) is 24.2 Å². The maximum atomic E-state index is 13.4. The van der Waals surface area contributed by atoms with Crippen LogP contribution in [-0.4, -0.2) is 13.2 Å². The average Bonchev–Trinajstić information content (AvgIpc) is 2.25. The molecule has 2 nitrogen and oxygen atoms in total. The van der Waals surface area contributed by atoms with Crippen LogP contribution < -0.4 is 10.5 Å². The molecule has 0 aliphatic carbocycles. The highest BCUT2D eigenvalue weighted by molar-refractivity contribution is 5.85. The number of benzene rings is 1. The Kier molecular flexibility index (Phi) is 6.29. The molecule has 1 rings (SSSR count). The minimum atomic E-state index is -0.946. The molecule has 5 heteroatoms. The third-order valence-electron chi connectivity index (χ3n) is 2.35. The van der Waals surface area contributed by atoms with E-state index >= 15 is 0 Å². The molecule has 0 aliphatic rings. The lowest BCUT2D eigenvalue weighted by molar-refractivity contribution is 0.369. The molecule has 1 unspecified atom stereocenters. The van der Waals surface area contributed by atoms with Gasteiger partial charge in [-0.05, 0) is 24.5 Å². The molecule has 16 heavy (non-hydrogen) atoms. The van der Waals surface area contributed by atoms with Crippen LogP contribution in [0.4, 0.5) is 8.78 Å². The molecule has 0 spiro atoms. The number of halogens is 3. The predicted octanol–water partition coefficient (Wildman–Crippen LogP) is 2.68. The number of rotatable bonds is 4. The maximum Gasteiger partial charge on any atom is 0.200 e. The number of methoxy groups -OCH3 is 1. The first kappa shape index (κ1) is 15.1. The fourth-order valence-corrected chi connectivity index (χ4v) is 1.31. The van der Waals surface area contributed by atoms with E-state index in [9.17, 15) is 8.78 Å². The summed E-state index contributed by atoms with van der Waals surface area (Å²) in [5, 5.41) is 0. The van der Waals surface area contributed by atoms with Gasteiger partial charge in [0.05, 0.1) is 7.11 Å². The largest absolute Gasteiger partial charge is 0.494 e. The summed E-state index contributed by atoms with van der Waals surface area (Å²) in [6.45, 7) is 1.91. The summed E-state index contributed by atoms with van der Waals surface area (Å²) in [6.07, 6.45) is 1.07. The normalized spacial score (nSPS) is 11.8. The van der Waals surface area contributed by atoms with E-state index in [4.69, 9.17) is 5.73 Å². The first-order valence-corrected chi connectivity index (χ1v) is 4.86. The zero-order chi connectivity index (χ0) is 11.4. The molecule has 0 saturated heterocycles. The van der Waals surface area contributed by atoms with Crippen molar-refractivity contribution in [2.24, 2.45) is 5.73 Å². The van der Waals surface area contributed by atoms with Gasteiger partial charge in [0.15, 0.2) is 11.6 Å². The van der Waals surface area contributed by atoms with E-state index in [2.05, 4.69) is 4.74 Å². The highest BCUT2D eigenvalue weighted by atomic mass is 35.5. The van der Waals surface area contributed by atoms with E-state index in [0.29, 0.717) is 12.0 Å². The Balaban J connectivity index is 0.00000225. The second-order valence-electron chi connectivity index (χ2n) is 3.43. The average molecular weight is 252 g/mol. The van der Waals surface area contributed by atoms with Crippen LogP contribution in [-0.2, 0) is 6.42 Å². The van der Waals surface area contributed by atoms with Crippen LogP contribution in [0.25, 0.3) is 0 Å². The van der Waals surface area contributed by atoms with E-state index in [1.54, 1.807) is 0 Å². The van der Waals surface area contributed by atoms with Crippen molar-refractivity contribution in [1.29, 1.82) is 0 Å². The molecule has 0 fully saturated rings. The smallest absolute Gasteiger partial charge is 0.200 e. The lowest BCUT2D eigenvalue weighted by atomic mass is 10.0. The fourth-order valence-electron chi connectivity index (χ4n) is 1.31. The van der Waals surface area contributed by atoms with Crippen LogP contribution in [0, 0.1) is 11.6 Å². The van der Waals surface area contributed by atoms with Gasteiger partial charge >= 0.3 is 0 Å². The van der Waals surface area contributed by atoms with E-state index in [1.807, 2.05) is 6.92 Å². The van der Waals surface area contributed by atoms with Gasteiger partial charge in [0, 0.05) is 6.04 Å². The van der Waals surface area contributed by atoms with Gasteiger partial charge < -0.3 is 10.5 Å². The molecule has 0 aromatic heterocycles. The lowest BCUT2D eigenvalue weighted by Crippen LogP contribution is -2.22. The molecule has 0 radical (unpaired) electrons. The van der Waals surface area contributed by atoms with Crippen molar-refractivity contribution >= 4 is 12.4 Å². The highest BCUT2D eigenvalue weighted by Gasteiger charge is 2.15. The number of nitrogens with two attached hydrogens (primary N) is 1. The van der Waals surface area contributed by atoms with Crippen molar-refractivity contribution in [1.82, 2.24) is 0 Å². The summed E-state index contributed by atoms with van der Waals surface area (Å²) in [6, 6.07) is 2.77. The van der Waals surface area contributed by atoms with Gasteiger partial charge in [0.25, 0.3) is 0 Å². The van der Waals surface area contributed by atoms with Crippen molar-refractivity contribution in [3.63, 3.8) is 0 Å². The Morgan fingerprint density at radius 3 is 2.44 bits per heavy atom. The summed E-state index contributed by atoms with van der Waals surface area (Å²) in [5.74, 6) is -1.89. The molecule has 0 saturated carbocycles. The third kappa shape index (κ3) is 3.32. The van der Waals surface area contributed by atoms with Gasteiger partial charge in [-0.25, -0.2) is 4.39 Å². The summed E-state index contributed by atoms with van der Waals surface area (Å²) >= 11 is 0. The third-order valence-corrected chi connectivity index (χ3v) is 2.35. The Morgan fingerprint density at radius 2 is 1.94 bits per heavy atom. The van der Waals surface area contributed by atoms with Crippen LogP contribution in [0.3, 0.4) is 0 Å². The second-order valence-corrected chi connectivity index (χ2v) is 3.43. The van der Waals surface area contributed by atoms with Crippen LogP contribution in [0.5, 0.6) is 5.75 Å². The molecule has 2 N–H and O–H groups in total. The Labute approximate surface area is 100 Å².